The van der Waals surface area contributed by atoms with Gasteiger partial charge < -0.3 is 14.2 Å². The average Bonchev–Trinajstić information content (AvgIpc) is 3.31. The van der Waals surface area contributed by atoms with Crippen molar-refractivity contribution in [2.24, 2.45) is 0 Å². The number of sulfone groups is 1. The minimum Gasteiger partial charge on any atom is -0.486 e. The van der Waals surface area contributed by atoms with Gasteiger partial charge in [0.2, 0.25) is 9.84 Å². The summed E-state index contributed by atoms with van der Waals surface area (Å²) in [6.45, 7) is 0.789. The zero-order valence-corrected chi connectivity index (χ0v) is 19.4. The van der Waals surface area contributed by atoms with Crippen molar-refractivity contribution in [2.45, 2.75) is 22.9 Å². The molecule has 0 aliphatic carbocycles. The number of benzene rings is 2. The SMILES string of the molecule is COC(=O)Cn1ccc(Cn2ncc3cc(S(=O)(=O)c4ccc5c(c4)OCCO5)ccc3c2=O)n1. The number of hydrogen-bond acceptors (Lipinski definition) is 9. The molecule has 180 valence electrons. The van der Waals surface area contributed by atoms with E-state index < -0.39 is 21.4 Å². The third-order valence-electron chi connectivity index (χ3n) is 5.48. The van der Waals surface area contributed by atoms with E-state index >= 15 is 0 Å². The van der Waals surface area contributed by atoms with Gasteiger partial charge in [-0.25, -0.2) is 13.1 Å². The molecule has 0 amide bonds. The second-order valence-corrected chi connectivity index (χ2v) is 9.70. The third-order valence-corrected chi connectivity index (χ3v) is 7.23. The van der Waals surface area contributed by atoms with Crippen molar-refractivity contribution in [1.29, 1.82) is 0 Å². The second-order valence-electron chi connectivity index (χ2n) is 7.75. The molecule has 2 aromatic carbocycles. The highest BCUT2D eigenvalue weighted by molar-refractivity contribution is 7.91. The highest BCUT2D eigenvalue weighted by atomic mass is 32.2. The van der Waals surface area contributed by atoms with Crippen LogP contribution < -0.4 is 15.0 Å². The van der Waals surface area contributed by atoms with Crippen molar-refractivity contribution in [1.82, 2.24) is 19.6 Å². The minimum atomic E-state index is -3.87. The Bertz CT molecular complexity index is 1610. The van der Waals surface area contributed by atoms with Gasteiger partial charge in [0, 0.05) is 17.6 Å². The molecule has 5 rings (SSSR count). The molecule has 4 aromatic rings. The molecule has 12 heteroatoms. The maximum atomic E-state index is 13.2. The minimum absolute atomic E-state index is 0.0298. The Labute approximate surface area is 199 Å². The number of hydrogen-bond donors (Lipinski definition) is 0. The molecule has 2 aromatic heterocycles. The van der Waals surface area contributed by atoms with Crippen LogP contribution in [0.2, 0.25) is 0 Å². The van der Waals surface area contributed by atoms with Gasteiger partial charge in [-0.1, -0.05) is 0 Å². The van der Waals surface area contributed by atoms with Gasteiger partial charge in [0.1, 0.15) is 19.8 Å². The lowest BCUT2D eigenvalue weighted by Gasteiger charge is -2.18. The van der Waals surface area contributed by atoms with Crippen LogP contribution in [0, 0.1) is 0 Å². The summed E-state index contributed by atoms with van der Waals surface area (Å²) in [5.74, 6) is 0.424. The standard InChI is InChI=1S/C23H20N4O7S/c1-32-22(28)14-26-7-6-16(25-26)13-27-23(29)19-4-2-17(10-15(19)12-24-27)35(30,31)18-3-5-20-21(11-18)34-9-8-33-20/h2-7,10-12H,8-9,13-14H2,1H3. The molecule has 11 nitrogen and oxygen atoms in total. The lowest BCUT2D eigenvalue weighted by atomic mass is 10.2. The summed E-state index contributed by atoms with van der Waals surface area (Å²) in [6, 6.07) is 10.4. The van der Waals surface area contributed by atoms with Gasteiger partial charge in [-0.05, 0) is 36.4 Å². The molecule has 1 aliphatic rings. The lowest BCUT2D eigenvalue weighted by Crippen LogP contribution is -2.23. The Kier molecular flexibility index (Phi) is 5.73. The van der Waals surface area contributed by atoms with Gasteiger partial charge in [-0.15, -0.1) is 0 Å². The molecule has 0 bridgehead atoms. The monoisotopic (exact) mass is 496 g/mol. The highest BCUT2D eigenvalue weighted by Crippen LogP contribution is 2.34. The number of fused-ring (bicyclic) bond motifs is 2. The molecule has 35 heavy (non-hydrogen) atoms. The van der Waals surface area contributed by atoms with E-state index in [9.17, 15) is 18.0 Å². The number of methoxy groups -OCH3 is 1. The van der Waals surface area contributed by atoms with E-state index in [0.29, 0.717) is 41.2 Å². The van der Waals surface area contributed by atoms with Gasteiger partial charge in [-0.3, -0.25) is 14.3 Å². The largest absolute Gasteiger partial charge is 0.486 e. The molecule has 0 fully saturated rings. The van der Waals surface area contributed by atoms with E-state index in [1.54, 1.807) is 18.3 Å². The Morgan fingerprint density at radius 1 is 1.06 bits per heavy atom. The Balaban J connectivity index is 1.43. The molecular weight excluding hydrogens is 476 g/mol. The summed E-state index contributed by atoms with van der Waals surface area (Å²) in [4.78, 5) is 24.5. The fraction of sp³-hybridized carbons (Fsp3) is 0.217. The number of aromatic nitrogens is 4. The number of rotatable bonds is 6. The highest BCUT2D eigenvalue weighted by Gasteiger charge is 2.22. The van der Waals surface area contributed by atoms with Crippen molar-refractivity contribution < 1.29 is 27.4 Å². The van der Waals surface area contributed by atoms with Gasteiger partial charge in [0.05, 0.1) is 40.7 Å². The summed E-state index contributed by atoms with van der Waals surface area (Å²) in [5, 5.41) is 9.12. The second kappa shape index (κ2) is 8.87. The van der Waals surface area contributed by atoms with Gasteiger partial charge in [-0.2, -0.15) is 10.2 Å². The predicted octanol–water partition coefficient (Wildman–Crippen LogP) is 1.42. The fourth-order valence-corrected chi connectivity index (χ4v) is 5.01. The van der Waals surface area contributed by atoms with Crippen LogP contribution in [-0.4, -0.2) is 54.3 Å². The zero-order chi connectivity index (χ0) is 24.6. The molecule has 3 heterocycles. The number of carbonyl (C=O) groups is 1. The van der Waals surface area contributed by atoms with E-state index in [-0.39, 0.29) is 22.9 Å². The average molecular weight is 497 g/mol. The predicted molar refractivity (Wildman–Crippen MR) is 122 cm³/mol. The molecule has 0 saturated heterocycles. The van der Waals surface area contributed by atoms with Crippen LogP contribution in [0.3, 0.4) is 0 Å². The van der Waals surface area contributed by atoms with E-state index in [1.807, 2.05) is 0 Å². The van der Waals surface area contributed by atoms with Crippen molar-refractivity contribution in [3.63, 3.8) is 0 Å². The zero-order valence-electron chi connectivity index (χ0n) is 18.6. The van der Waals surface area contributed by atoms with Crippen LogP contribution in [0.1, 0.15) is 5.69 Å². The molecule has 0 unspecified atom stereocenters. The number of ether oxygens (including phenoxy) is 3. The Morgan fingerprint density at radius 3 is 2.60 bits per heavy atom. The number of carbonyl (C=O) groups excluding carboxylic acids is 1. The van der Waals surface area contributed by atoms with Crippen LogP contribution in [-0.2, 0) is 32.5 Å². The topological polar surface area (TPSA) is 132 Å². The quantitative estimate of drug-likeness (QED) is 0.364. The van der Waals surface area contributed by atoms with Crippen molar-refractivity contribution in [3.8, 4) is 11.5 Å². The van der Waals surface area contributed by atoms with Gasteiger partial charge in [0.15, 0.2) is 11.5 Å². The molecule has 0 saturated carbocycles. The van der Waals surface area contributed by atoms with Crippen LogP contribution in [0.25, 0.3) is 10.8 Å². The Morgan fingerprint density at radius 2 is 1.80 bits per heavy atom. The molecule has 0 radical (unpaired) electrons. The van der Waals surface area contributed by atoms with Crippen molar-refractivity contribution in [3.05, 3.63) is 70.9 Å². The summed E-state index contributed by atoms with van der Waals surface area (Å²) < 4.78 is 44.6. The van der Waals surface area contributed by atoms with Crippen LogP contribution in [0.4, 0.5) is 0 Å². The van der Waals surface area contributed by atoms with E-state index in [4.69, 9.17) is 9.47 Å². The maximum Gasteiger partial charge on any atom is 0.327 e. The number of esters is 1. The molecule has 0 spiro atoms. The molecule has 0 atom stereocenters. The molecule has 1 aliphatic heterocycles. The van der Waals surface area contributed by atoms with E-state index in [0.717, 1.165) is 0 Å². The van der Waals surface area contributed by atoms with Gasteiger partial charge in [0.25, 0.3) is 5.56 Å². The maximum absolute atomic E-state index is 13.2. The van der Waals surface area contributed by atoms with Crippen LogP contribution in [0.5, 0.6) is 11.5 Å². The molecular formula is C23H20N4O7S. The van der Waals surface area contributed by atoms with Gasteiger partial charge >= 0.3 is 5.97 Å². The van der Waals surface area contributed by atoms with E-state index in [1.165, 1.54) is 53.0 Å². The Hall–Kier alpha value is -4.19. The summed E-state index contributed by atoms with van der Waals surface area (Å²) in [7, 11) is -2.58. The smallest absolute Gasteiger partial charge is 0.327 e. The van der Waals surface area contributed by atoms with Crippen molar-refractivity contribution in [2.75, 3.05) is 20.3 Å². The first-order valence-electron chi connectivity index (χ1n) is 10.6. The third kappa shape index (κ3) is 4.35. The summed E-state index contributed by atoms with van der Waals surface area (Å²) in [6.07, 6.45) is 3.04. The first-order chi connectivity index (χ1) is 16.8. The summed E-state index contributed by atoms with van der Waals surface area (Å²) >= 11 is 0. The van der Waals surface area contributed by atoms with Crippen LogP contribution >= 0.6 is 0 Å². The first kappa shape index (κ1) is 22.6. The van der Waals surface area contributed by atoms with Crippen molar-refractivity contribution >= 4 is 26.6 Å². The van der Waals surface area contributed by atoms with E-state index in [2.05, 4.69) is 14.9 Å². The normalized spacial score (nSPS) is 13.1. The number of nitrogens with zero attached hydrogens (tertiary/aromatic N) is 4. The lowest BCUT2D eigenvalue weighted by molar-refractivity contribution is -0.141. The fourth-order valence-electron chi connectivity index (χ4n) is 3.70. The summed E-state index contributed by atoms with van der Waals surface area (Å²) in [5.41, 5.74) is 0.133. The first-order valence-corrected chi connectivity index (χ1v) is 12.1. The molecule has 0 N–H and O–H groups in total. The van der Waals surface area contributed by atoms with Crippen LogP contribution in [0.15, 0.2) is 69.4 Å².